The van der Waals surface area contributed by atoms with E-state index in [2.05, 4.69) is 14.7 Å². The molecule has 2 heterocycles. The molecule has 6 nitrogen and oxygen atoms in total. The number of carbonyl (C=O) groups excluding carboxylic acids is 1. The first kappa shape index (κ1) is 12.6. The SMILES string of the molecule is COC(=O)CCn1c(=S)[nH]c2ccc(OC)nc21. The number of pyridine rings is 1. The Kier molecular flexibility index (Phi) is 3.61. The van der Waals surface area contributed by atoms with E-state index in [1.165, 1.54) is 7.11 Å². The number of methoxy groups -OCH3 is 2. The van der Waals surface area contributed by atoms with E-state index in [4.69, 9.17) is 17.0 Å². The number of carbonyl (C=O) groups is 1. The van der Waals surface area contributed by atoms with Gasteiger partial charge in [0.1, 0.15) is 0 Å². The Labute approximate surface area is 109 Å². The first-order valence-electron chi connectivity index (χ1n) is 5.36. The number of H-pyrrole nitrogens is 1. The van der Waals surface area contributed by atoms with Gasteiger partial charge in [0.05, 0.1) is 26.2 Å². The number of hydrogen-bond acceptors (Lipinski definition) is 5. The second-order valence-electron chi connectivity index (χ2n) is 3.63. The number of nitrogens with one attached hydrogen (secondary N) is 1. The first-order chi connectivity index (χ1) is 8.65. The summed E-state index contributed by atoms with van der Waals surface area (Å²) in [5.41, 5.74) is 1.48. The summed E-state index contributed by atoms with van der Waals surface area (Å²) >= 11 is 5.20. The highest BCUT2D eigenvalue weighted by Crippen LogP contribution is 2.16. The van der Waals surface area contributed by atoms with Crippen LogP contribution >= 0.6 is 12.2 Å². The third kappa shape index (κ3) is 2.35. The van der Waals surface area contributed by atoms with Gasteiger partial charge in [-0.25, -0.2) is 0 Å². The van der Waals surface area contributed by atoms with Gasteiger partial charge in [-0.3, -0.25) is 4.79 Å². The van der Waals surface area contributed by atoms with Crippen LogP contribution in [-0.2, 0) is 16.1 Å². The van der Waals surface area contributed by atoms with Crippen LogP contribution in [0.1, 0.15) is 6.42 Å². The van der Waals surface area contributed by atoms with Gasteiger partial charge in [-0.2, -0.15) is 4.98 Å². The van der Waals surface area contributed by atoms with Crippen molar-refractivity contribution in [2.75, 3.05) is 14.2 Å². The van der Waals surface area contributed by atoms with Crippen molar-refractivity contribution in [1.82, 2.24) is 14.5 Å². The molecule has 7 heteroatoms. The normalized spacial score (nSPS) is 10.6. The van der Waals surface area contributed by atoms with E-state index >= 15 is 0 Å². The third-order valence-electron chi connectivity index (χ3n) is 2.57. The quantitative estimate of drug-likeness (QED) is 0.674. The Balaban J connectivity index is 2.39. The molecule has 2 aromatic heterocycles. The number of fused-ring (bicyclic) bond motifs is 1. The average molecular weight is 267 g/mol. The van der Waals surface area contributed by atoms with Gasteiger partial charge in [0, 0.05) is 12.6 Å². The van der Waals surface area contributed by atoms with Gasteiger partial charge < -0.3 is 19.0 Å². The number of esters is 1. The van der Waals surface area contributed by atoms with Crippen LogP contribution in [0.4, 0.5) is 0 Å². The summed E-state index contributed by atoms with van der Waals surface area (Å²) in [5, 5.41) is 0. The van der Waals surface area contributed by atoms with Crippen molar-refractivity contribution in [3.05, 3.63) is 16.9 Å². The fraction of sp³-hybridized carbons (Fsp3) is 0.364. The molecule has 0 atom stereocenters. The maximum atomic E-state index is 11.2. The lowest BCUT2D eigenvalue weighted by atomic mass is 10.4. The first-order valence-corrected chi connectivity index (χ1v) is 5.77. The molecule has 1 N–H and O–H groups in total. The van der Waals surface area contributed by atoms with E-state index in [1.807, 2.05) is 6.07 Å². The summed E-state index contributed by atoms with van der Waals surface area (Å²) in [6, 6.07) is 3.59. The highest BCUT2D eigenvalue weighted by atomic mass is 32.1. The molecule has 0 radical (unpaired) electrons. The monoisotopic (exact) mass is 267 g/mol. The van der Waals surface area contributed by atoms with E-state index in [0.717, 1.165) is 5.52 Å². The van der Waals surface area contributed by atoms with Gasteiger partial charge >= 0.3 is 5.97 Å². The predicted molar refractivity (Wildman–Crippen MR) is 68.1 cm³/mol. The lowest BCUT2D eigenvalue weighted by Crippen LogP contribution is -2.07. The smallest absolute Gasteiger partial charge is 0.307 e. The molecule has 0 amide bonds. The molecular formula is C11H13N3O3S. The maximum Gasteiger partial charge on any atom is 0.307 e. The zero-order valence-electron chi connectivity index (χ0n) is 10.1. The largest absolute Gasteiger partial charge is 0.481 e. The van der Waals surface area contributed by atoms with Crippen molar-refractivity contribution in [3.63, 3.8) is 0 Å². The van der Waals surface area contributed by atoms with Crippen LogP contribution in [0.25, 0.3) is 11.2 Å². The van der Waals surface area contributed by atoms with Crippen molar-refractivity contribution in [1.29, 1.82) is 0 Å². The molecule has 0 aliphatic carbocycles. The fourth-order valence-corrected chi connectivity index (χ4v) is 1.93. The number of aromatic nitrogens is 3. The minimum Gasteiger partial charge on any atom is -0.481 e. The molecule has 0 aliphatic rings. The fourth-order valence-electron chi connectivity index (χ4n) is 1.64. The summed E-state index contributed by atoms with van der Waals surface area (Å²) in [5.74, 6) is 0.220. The molecule has 0 bridgehead atoms. The number of imidazole rings is 1. The van der Waals surface area contributed by atoms with Gasteiger partial charge in [0.25, 0.3) is 0 Å². The number of rotatable bonds is 4. The lowest BCUT2D eigenvalue weighted by molar-refractivity contribution is -0.140. The molecule has 96 valence electrons. The summed E-state index contributed by atoms with van der Waals surface area (Å²) < 4.78 is 11.9. The van der Waals surface area contributed by atoms with Crippen LogP contribution in [0.5, 0.6) is 5.88 Å². The van der Waals surface area contributed by atoms with Crippen LogP contribution in [0.2, 0.25) is 0 Å². The molecule has 0 fully saturated rings. The third-order valence-corrected chi connectivity index (χ3v) is 2.89. The minimum absolute atomic E-state index is 0.247. The number of hydrogen-bond donors (Lipinski definition) is 1. The van der Waals surface area contributed by atoms with Gasteiger partial charge in [-0.15, -0.1) is 0 Å². The molecule has 0 aliphatic heterocycles. The Hall–Kier alpha value is -1.89. The molecule has 2 aromatic rings. The van der Waals surface area contributed by atoms with Crippen LogP contribution in [0.3, 0.4) is 0 Å². The van der Waals surface area contributed by atoms with E-state index in [9.17, 15) is 4.79 Å². The molecule has 0 aromatic carbocycles. The molecular weight excluding hydrogens is 254 g/mol. The van der Waals surface area contributed by atoms with Gasteiger partial charge in [0.15, 0.2) is 10.4 Å². The van der Waals surface area contributed by atoms with Crippen molar-refractivity contribution in [3.8, 4) is 5.88 Å². The minimum atomic E-state index is -0.283. The Bertz CT molecular complexity index is 632. The van der Waals surface area contributed by atoms with Crippen LogP contribution in [0.15, 0.2) is 12.1 Å². The van der Waals surface area contributed by atoms with E-state index in [-0.39, 0.29) is 12.4 Å². The van der Waals surface area contributed by atoms with Crippen molar-refractivity contribution in [2.24, 2.45) is 0 Å². The number of aryl methyl sites for hydroxylation is 1. The molecule has 2 rings (SSSR count). The second kappa shape index (κ2) is 5.18. The predicted octanol–water partition coefficient (Wildman–Crippen LogP) is 1.67. The zero-order valence-corrected chi connectivity index (χ0v) is 10.9. The standard InChI is InChI=1S/C11H13N3O3S/c1-16-8-4-3-7-10(13-8)14(11(18)12-7)6-5-9(15)17-2/h3-4H,5-6H2,1-2H3,(H,12,18). The molecule has 0 spiro atoms. The average Bonchev–Trinajstić information content (AvgIpc) is 2.70. The van der Waals surface area contributed by atoms with Crippen LogP contribution < -0.4 is 4.74 Å². The van der Waals surface area contributed by atoms with Crippen molar-refractivity contribution >= 4 is 29.4 Å². The van der Waals surface area contributed by atoms with Gasteiger partial charge in [-0.1, -0.05) is 0 Å². The van der Waals surface area contributed by atoms with Gasteiger partial charge in [0.2, 0.25) is 5.88 Å². The Morgan fingerprint density at radius 1 is 1.50 bits per heavy atom. The number of nitrogens with zero attached hydrogens (tertiary/aromatic N) is 2. The Morgan fingerprint density at radius 2 is 2.28 bits per heavy atom. The number of ether oxygens (including phenoxy) is 2. The van der Waals surface area contributed by atoms with Crippen LogP contribution in [0, 0.1) is 4.77 Å². The van der Waals surface area contributed by atoms with Gasteiger partial charge in [-0.05, 0) is 18.3 Å². The molecule has 0 saturated heterocycles. The van der Waals surface area contributed by atoms with E-state index < -0.39 is 0 Å². The molecule has 0 unspecified atom stereocenters. The van der Waals surface area contributed by atoms with E-state index in [1.54, 1.807) is 17.7 Å². The summed E-state index contributed by atoms with van der Waals surface area (Å²) in [6.07, 6.45) is 0.247. The lowest BCUT2D eigenvalue weighted by Gasteiger charge is -2.03. The number of aromatic amines is 1. The van der Waals surface area contributed by atoms with Crippen LogP contribution in [-0.4, -0.2) is 34.7 Å². The van der Waals surface area contributed by atoms with E-state index in [0.29, 0.717) is 22.8 Å². The highest BCUT2D eigenvalue weighted by Gasteiger charge is 2.09. The molecule has 0 saturated carbocycles. The zero-order chi connectivity index (χ0) is 13.1. The summed E-state index contributed by atoms with van der Waals surface area (Å²) in [7, 11) is 2.91. The van der Waals surface area contributed by atoms with Crippen molar-refractivity contribution in [2.45, 2.75) is 13.0 Å². The van der Waals surface area contributed by atoms with Crippen molar-refractivity contribution < 1.29 is 14.3 Å². The highest BCUT2D eigenvalue weighted by molar-refractivity contribution is 7.71. The second-order valence-corrected chi connectivity index (χ2v) is 4.02. The summed E-state index contributed by atoms with van der Waals surface area (Å²) in [4.78, 5) is 18.5. The maximum absolute atomic E-state index is 11.2. The molecule has 18 heavy (non-hydrogen) atoms. The topological polar surface area (TPSA) is 69.1 Å². The Morgan fingerprint density at radius 3 is 2.94 bits per heavy atom. The summed E-state index contributed by atoms with van der Waals surface area (Å²) in [6.45, 7) is 0.422.